The Bertz CT molecular complexity index is 1190. The van der Waals surface area contributed by atoms with E-state index in [-0.39, 0.29) is 6.10 Å². The summed E-state index contributed by atoms with van der Waals surface area (Å²) in [6.45, 7) is 10.6. The molecule has 3 atom stereocenters. The molecule has 3 unspecified atom stereocenters. The Kier molecular flexibility index (Phi) is 5.40. The molecule has 2 N–H and O–H groups in total. The third-order valence-corrected chi connectivity index (χ3v) is 7.80. The number of aliphatic hydroxyl groups is 2. The van der Waals surface area contributed by atoms with E-state index in [0.717, 1.165) is 23.1 Å². The Balaban J connectivity index is 1.83. The molecular weight excluding hydrogens is 430 g/mol. The summed E-state index contributed by atoms with van der Waals surface area (Å²) in [6.07, 6.45) is 1.49. The van der Waals surface area contributed by atoms with Crippen molar-refractivity contribution in [3.8, 4) is 11.3 Å². The Labute approximate surface area is 197 Å². The van der Waals surface area contributed by atoms with Gasteiger partial charge in [0, 0.05) is 11.1 Å². The second-order valence-corrected chi connectivity index (χ2v) is 12.3. The maximum Gasteiger partial charge on any atom is 0.206 e. The van der Waals surface area contributed by atoms with Gasteiger partial charge in [-0.2, -0.15) is 0 Å². The monoisotopic (exact) mass is 462 g/mol. The SMILES string of the molecule is Cc1ccc(C2(O)c3cccc(CC(C)C)c3-c3noc4c3C2(O)CCC4O[Si](C)C)cc1. The average molecular weight is 463 g/mol. The predicted octanol–water partition coefficient (Wildman–Crippen LogP) is 5.39. The van der Waals surface area contributed by atoms with Gasteiger partial charge in [-0.3, -0.25) is 0 Å². The van der Waals surface area contributed by atoms with Crippen LogP contribution in [0.1, 0.15) is 66.4 Å². The van der Waals surface area contributed by atoms with E-state index in [2.05, 4.69) is 38.2 Å². The molecule has 1 aromatic heterocycles. The van der Waals surface area contributed by atoms with Gasteiger partial charge in [-0.15, -0.1) is 0 Å². The van der Waals surface area contributed by atoms with E-state index in [1.807, 2.05) is 43.3 Å². The number of fused-ring (bicyclic) bond motifs is 2. The molecule has 0 saturated carbocycles. The highest BCUT2D eigenvalue weighted by atomic mass is 28.3. The standard InChI is InChI=1S/C27H32NO4Si/c1-16(2)15-18-7-6-8-20-22(18)24-23-25(31-28-24)21(32-33(4)5)13-14-26(23,29)27(20,30)19-11-9-17(3)10-12-19/h6-12,16,21,29-30H,13-15H2,1-5H3. The largest absolute Gasteiger partial charge is 0.407 e. The summed E-state index contributed by atoms with van der Waals surface area (Å²) in [5.41, 5.74) is 2.48. The van der Waals surface area contributed by atoms with Crippen molar-refractivity contribution < 1.29 is 19.2 Å². The molecule has 5 rings (SSSR count). The first-order chi connectivity index (χ1) is 15.7. The van der Waals surface area contributed by atoms with Crippen LogP contribution >= 0.6 is 0 Å². The van der Waals surface area contributed by atoms with Crippen LogP contribution in [0.2, 0.25) is 13.1 Å². The minimum Gasteiger partial charge on any atom is -0.407 e. The Morgan fingerprint density at radius 1 is 1.15 bits per heavy atom. The Hall–Kier alpha value is -2.25. The fraction of sp³-hybridized carbons (Fsp3) is 0.444. The van der Waals surface area contributed by atoms with Gasteiger partial charge >= 0.3 is 0 Å². The summed E-state index contributed by atoms with van der Waals surface area (Å²) < 4.78 is 12.1. The fourth-order valence-corrected chi connectivity index (χ4v) is 6.44. The third-order valence-electron chi connectivity index (χ3n) is 7.04. The van der Waals surface area contributed by atoms with E-state index in [1.165, 1.54) is 0 Å². The molecule has 0 spiro atoms. The molecule has 3 aromatic rings. The Morgan fingerprint density at radius 2 is 1.88 bits per heavy atom. The highest BCUT2D eigenvalue weighted by molar-refractivity contribution is 6.48. The van der Waals surface area contributed by atoms with Gasteiger partial charge in [-0.05, 0) is 56.3 Å². The zero-order valence-electron chi connectivity index (χ0n) is 20.0. The molecule has 2 aliphatic carbocycles. The van der Waals surface area contributed by atoms with Crippen LogP contribution in [0.25, 0.3) is 11.3 Å². The zero-order chi connectivity index (χ0) is 23.5. The molecule has 0 fully saturated rings. The van der Waals surface area contributed by atoms with Crippen molar-refractivity contribution >= 4 is 9.04 Å². The highest BCUT2D eigenvalue weighted by Crippen LogP contribution is 2.61. The summed E-state index contributed by atoms with van der Waals surface area (Å²) in [7, 11) is -0.992. The lowest BCUT2D eigenvalue weighted by molar-refractivity contribution is -0.157. The fourth-order valence-electron chi connectivity index (χ4n) is 5.65. The first kappa shape index (κ1) is 22.5. The van der Waals surface area contributed by atoms with Crippen LogP contribution in [0.15, 0.2) is 47.0 Å². The minimum atomic E-state index is -1.63. The van der Waals surface area contributed by atoms with Crippen LogP contribution < -0.4 is 0 Å². The van der Waals surface area contributed by atoms with E-state index in [0.29, 0.717) is 46.9 Å². The van der Waals surface area contributed by atoms with Crippen molar-refractivity contribution in [3.63, 3.8) is 0 Å². The topological polar surface area (TPSA) is 75.7 Å². The normalized spacial score (nSPS) is 25.9. The van der Waals surface area contributed by atoms with Crippen molar-refractivity contribution in [2.45, 2.75) is 70.4 Å². The predicted molar refractivity (Wildman–Crippen MR) is 129 cm³/mol. The van der Waals surface area contributed by atoms with Crippen LogP contribution in [0.5, 0.6) is 0 Å². The first-order valence-corrected chi connectivity index (χ1v) is 14.2. The van der Waals surface area contributed by atoms with Crippen molar-refractivity contribution in [2.75, 3.05) is 0 Å². The van der Waals surface area contributed by atoms with Gasteiger partial charge in [0.2, 0.25) is 9.04 Å². The first-order valence-electron chi connectivity index (χ1n) is 11.8. The molecule has 1 radical (unpaired) electrons. The third kappa shape index (κ3) is 3.27. The van der Waals surface area contributed by atoms with Crippen molar-refractivity contribution in [1.82, 2.24) is 5.16 Å². The number of aromatic nitrogens is 1. The van der Waals surface area contributed by atoms with Gasteiger partial charge in [0.25, 0.3) is 0 Å². The lowest BCUT2D eigenvalue weighted by atomic mass is 9.59. The van der Waals surface area contributed by atoms with Gasteiger partial charge in [0.1, 0.15) is 23.0 Å². The maximum absolute atomic E-state index is 12.6. The van der Waals surface area contributed by atoms with E-state index < -0.39 is 20.2 Å². The van der Waals surface area contributed by atoms with Crippen molar-refractivity contribution in [2.24, 2.45) is 5.92 Å². The lowest BCUT2D eigenvalue weighted by Gasteiger charge is -2.50. The van der Waals surface area contributed by atoms with Crippen LogP contribution in [0, 0.1) is 12.8 Å². The molecule has 1 heterocycles. The molecule has 173 valence electrons. The quantitative estimate of drug-likeness (QED) is 0.497. The van der Waals surface area contributed by atoms with E-state index in [9.17, 15) is 10.2 Å². The number of hydrogen-bond acceptors (Lipinski definition) is 5. The van der Waals surface area contributed by atoms with Crippen LogP contribution in [0.4, 0.5) is 0 Å². The van der Waals surface area contributed by atoms with Gasteiger partial charge in [-0.25, -0.2) is 0 Å². The number of nitrogens with zero attached hydrogens (tertiary/aromatic N) is 1. The van der Waals surface area contributed by atoms with Crippen LogP contribution in [-0.4, -0.2) is 24.4 Å². The van der Waals surface area contributed by atoms with E-state index >= 15 is 0 Å². The van der Waals surface area contributed by atoms with Crippen molar-refractivity contribution in [3.05, 3.63) is 76.0 Å². The van der Waals surface area contributed by atoms with Gasteiger partial charge < -0.3 is 19.2 Å². The zero-order valence-corrected chi connectivity index (χ0v) is 21.0. The molecule has 6 heteroatoms. The molecular formula is C27H32NO4Si. The summed E-state index contributed by atoms with van der Waals surface area (Å²) >= 11 is 0. The van der Waals surface area contributed by atoms with Crippen LogP contribution in [-0.2, 0) is 22.0 Å². The van der Waals surface area contributed by atoms with Crippen LogP contribution in [0.3, 0.4) is 0 Å². The van der Waals surface area contributed by atoms with Crippen molar-refractivity contribution in [1.29, 1.82) is 0 Å². The molecule has 0 aliphatic heterocycles. The summed E-state index contributed by atoms with van der Waals surface area (Å²) in [5.74, 6) is 0.981. The number of hydrogen-bond donors (Lipinski definition) is 2. The average Bonchev–Trinajstić information content (AvgIpc) is 3.21. The van der Waals surface area contributed by atoms with E-state index in [4.69, 9.17) is 8.95 Å². The molecule has 2 aromatic carbocycles. The minimum absolute atomic E-state index is 0.258. The number of benzene rings is 2. The highest BCUT2D eigenvalue weighted by Gasteiger charge is 2.62. The molecule has 33 heavy (non-hydrogen) atoms. The molecule has 5 nitrogen and oxygen atoms in total. The number of rotatable bonds is 5. The maximum atomic E-state index is 12.6. The van der Waals surface area contributed by atoms with Gasteiger partial charge in [-0.1, -0.05) is 67.0 Å². The van der Waals surface area contributed by atoms with E-state index in [1.54, 1.807) is 0 Å². The summed E-state index contributed by atoms with van der Waals surface area (Å²) in [4.78, 5) is 0. The smallest absolute Gasteiger partial charge is 0.206 e. The summed E-state index contributed by atoms with van der Waals surface area (Å²) in [5, 5.41) is 29.5. The Morgan fingerprint density at radius 3 is 2.55 bits per heavy atom. The second-order valence-electron chi connectivity index (χ2n) is 10.2. The van der Waals surface area contributed by atoms with Gasteiger partial charge in [0.15, 0.2) is 5.76 Å². The molecule has 2 aliphatic rings. The molecule has 0 amide bonds. The number of aryl methyl sites for hydroxylation is 1. The summed E-state index contributed by atoms with van der Waals surface area (Å²) in [6, 6.07) is 13.8. The molecule has 0 saturated heterocycles. The molecule has 0 bridgehead atoms. The van der Waals surface area contributed by atoms with Gasteiger partial charge in [0.05, 0.1) is 5.56 Å². The lowest BCUT2D eigenvalue weighted by Crippen LogP contribution is -2.54. The second kappa shape index (κ2) is 7.91.